The molecule has 1 fully saturated rings. The summed E-state index contributed by atoms with van der Waals surface area (Å²) < 4.78 is 5.56. The summed E-state index contributed by atoms with van der Waals surface area (Å²) in [6.07, 6.45) is 2.23. The first-order chi connectivity index (χ1) is 8.20. The van der Waals surface area contributed by atoms with E-state index in [1.165, 1.54) is 0 Å². The quantitative estimate of drug-likeness (QED) is 0.826. The van der Waals surface area contributed by atoms with E-state index >= 15 is 0 Å². The number of carbonyl (C=O) groups excluding carboxylic acids is 1. The third-order valence-electron chi connectivity index (χ3n) is 2.91. The molecule has 1 aliphatic rings. The minimum absolute atomic E-state index is 0.207. The van der Waals surface area contributed by atoms with Gasteiger partial charge in [0.2, 0.25) is 10.1 Å². The first kappa shape index (κ1) is 12.3. The largest absolute Gasteiger partial charge is 0.378 e. The third-order valence-corrected chi connectivity index (χ3v) is 3.66. The van der Waals surface area contributed by atoms with Crippen molar-refractivity contribution in [1.29, 1.82) is 0 Å². The number of hydrogen-bond donors (Lipinski definition) is 2. The molecule has 1 aromatic heterocycles. The van der Waals surface area contributed by atoms with Crippen molar-refractivity contribution >= 4 is 22.4 Å². The lowest BCUT2D eigenvalue weighted by molar-refractivity contribution is 0.0826. The number of nitrogens with two attached hydrogens (primary N) is 1. The number of rotatable bonds is 4. The molecule has 0 aliphatic carbocycles. The molecule has 1 saturated heterocycles. The summed E-state index contributed by atoms with van der Waals surface area (Å²) >= 11 is 1.10. The molecule has 0 bridgehead atoms. The molecule has 7 heteroatoms. The van der Waals surface area contributed by atoms with Crippen LogP contribution in [0.4, 0.5) is 5.13 Å². The number of hydrogen-bond acceptors (Lipinski definition) is 6. The molecular formula is C10H16N4O2S. The maximum Gasteiger partial charge on any atom is 0.282 e. The Morgan fingerprint density at radius 2 is 2.47 bits per heavy atom. The lowest BCUT2D eigenvalue weighted by Crippen LogP contribution is -2.32. The number of carbonyl (C=O) groups is 1. The van der Waals surface area contributed by atoms with Gasteiger partial charge in [-0.05, 0) is 12.8 Å². The van der Waals surface area contributed by atoms with E-state index in [-0.39, 0.29) is 12.0 Å². The van der Waals surface area contributed by atoms with Crippen LogP contribution in [-0.4, -0.2) is 35.4 Å². The van der Waals surface area contributed by atoms with Crippen LogP contribution in [0.5, 0.6) is 0 Å². The van der Waals surface area contributed by atoms with Gasteiger partial charge in [0.05, 0.1) is 6.10 Å². The molecule has 94 valence electrons. The Labute approximate surface area is 104 Å². The first-order valence-corrected chi connectivity index (χ1v) is 6.51. The van der Waals surface area contributed by atoms with Crippen LogP contribution >= 0.6 is 11.3 Å². The highest BCUT2D eigenvalue weighted by Gasteiger charge is 2.27. The lowest BCUT2D eigenvalue weighted by atomic mass is 10.00. The molecule has 0 spiro atoms. The summed E-state index contributed by atoms with van der Waals surface area (Å²) in [6.45, 7) is 3.50. The second kappa shape index (κ2) is 5.42. The Morgan fingerprint density at radius 3 is 3.12 bits per heavy atom. The smallest absolute Gasteiger partial charge is 0.282 e. The van der Waals surface area contributed by atoms with Gasteiger partial charge in [-0.25, -0.2) is 0 Å². The average molecular weight is 256 g/mol. The molecule has 6 nitrogen and oxygen atoms in total. The molecule has 3 N–H and O–H groups in total. The van der Waals surface area contributed by atoms with Crippen LogP contribution < -0.4 is 11.1 Å². The fourth-order valence-electron chi connectivity index (χ4n) is 2.00. The average Bonchev–Trinajstić information content (AvgIpc) is 2.94. The number of nitrogen functional groups attached to an aromatic ring is 1. The second-order valence-corrected chi connectivity index (χ2v) is 5.03. The summed E-state index contributed by atoms with van der Waals surface area (Å²) in [5.74, 6) is 0.190. The minimum atomic E-state index is -0.207. The molecule has 1 aromatic rings. The van der Waals surface area contributed by atoms with Gasteiger partial charge in [-0.2, -0.15) is 0 Å². The van der Waals surface area contributed by atoms with Crippen LogP contribution in [-0.2, 0) is 4.74 Å². The third kappa shape index (κ3) is 2.92. The number of nitrogens with one attached hydrogen (secondary N) is 1. The van der Waals surface area contributed by atoms with Gasteiger partial charge >= 0.3 is 0 Å². The van der Waals surface area contributed by atoms with E-state index in [1.807, 2.05) is 0 Å². The molecular weight excluding hydrogens is 240 g/mol. The zero-order valence-corrected chi connectivity index (χ0v) is 10.5. The highest BCUT2D eigenvalue weighted by molar-refractivity contribution is 7.16. The van der Waals surface area contributed by atoms with E-state index in [0.717, 1.165) is 30.8 Å². The van der Waals surface area contributed by atoms with Crippen molar-refractivity contribution in [3.63, 3.8) is 0 Å². The summed E-state index contributed by atoms with van der Waals surface area (Å²) in [6, 6.07) is 0. The number of anilines is 1. The van der Waals surface area contributed by atoms with Gasteiger partial charge in [-0.1, -0.05) is 18.3 Å². The van der Waals surface area contributed by atoms with Crippen LogP contribution in [0.3, 0.4) is 0 Å². The minimum Gasteiger partial charge on any atom is -0.378 e. The molecule has 0 radical (unpaired) electrons. The van der Waals surface area contributed by atoms with Crippen molar-refractivity contribution in [2.45, 2.75) is 25.9 Å². The van der Waals surface area contributed by atoms with Gasteiger partial charge in [0.15, 0.2) is 0 Å². The first-order valence-electron chi connectivity index (χ1n) is 5.69. The fourth-order valence-corrected chi connectivity index (χ4v) is 2.53. The molecule has 2 unspecified atom stereocenters. The Hall–Kier alpha value is -1.21. The fraction of sp³-hybridized carbons (Fsp3) is 0.700. The monoisotopic (exact) mass is 256 g/mol. The van der Waals surface area contributed by atoms with E-state index in [1.54, 1.807) is 0 Å². The van der Waals surface area contributed by atoms with Gasteiger partial charge in [0.1, 0.15) is 0 Å². The van der Waals surface area contributed by atoms with Crippen LogP contribution in [0.1, 0.15) is 29.6 Å². The number of nitrogens with zero attached hydrogens (tertiary/aromatic N) is 2. The van der Waals surface area contributed by atoms with Crippen molar-refractivity contribution < 1.29 is 9.53 Å². The number of amides is 1. The lowest BCUT2D eigenvalue weighted by Gasteiger charge is -2.16. The van der Waals surface area contributed by atoms with Gasteiger partial charge in [-0.3, -0.25) is 4.79 Å². The number of ether oxygens (including phenoxy) is 1. The molecule has 2 rings (SSSR count). The van der Waals surface area contributed by atoms with E-state index in [9.17, 15) is 4.79 Å². The topological polar surface area (TPSA) is 90.1 Å². The normalized spacial score (nSPS) is 23.8. The summed E-state index contributed by atoms with van der Waals surface area (Å²) in [5, 5.41) is 10.8. The number of aromatic nitrogens is 2. The predicted molar refractivity (Wildman–Crippen MR) is 64.8 cm³/mol. The van der Waals surface area contributed by atoms with E-state index in [4.69, 9.17) is 10.5 Å². The Kier molecular flexibility index (Phi) is 3.90. The van der Waals surface area contributed by atoms with E-state index < -0.39 is 0 Å². The molecule has 0 aromatic carbocycles. The Bertz CT molecular complexity index is 395. The molecule has 1 aliphatic heterocycles. The van der Waals surface area contributed by atoms with Crippen LogP contribution in [0, 0.1) is 5.92 Å². The van der Waals surface area contributed by atoms with Crippen molar-refractivity contribution in [1.82, 2.24) is 15.5 Å². The standard InChI is InChI=1S/C10H16N4O2S/c1-2-7-6(3-4-16-7)5-12-8(15)9-13-14-10(11)17-9/h6-7H,2-5H2,1H3,(H2,11,14)(H,12,15). The molecule has 1 amide bonds. The van der Waals surface area contributed by atoms with Crippen molar-refractivity contribution in [2.24, 2.45) is 5.92 Å². The molecule has 2 atom stereocenters. The molecule has 2 heterocycles. The highest BCUT2D eigenvalue weighted by atomic mass is 32.1. The van der Waals surface area contributed by atoms with E-state index in [0.29, 0.717) is 22.6 Å². The van der Waals surface area contributed by atoms with Gasteiger partial charge in [0, 0.05) is 19.1 Å². The van der Waals surface area contributed by atoms with Gasteiger partial charge in [0.25, 0.3) is 5.91 Å². The van der Waals surface area contributed by atoms with Crippen molar-refractivity contribution in [3.05, 3.63) is 5.01 Å². The highest BCUT2D eigenvalue weighted by Crippen LogP contribution is 2.22. The van der Waals surface area contributed by atoms with Gasteiger partial charge in [-0.15, -0.1) is 10.2 Å². The van der Waals surface area contributed by atoms with Crippen LogP contribution in [0.15, 0.2) is 0 Å². The zero-order valence-electron chi connectivity index (χ0n) is 9.68. The summed E-state index contributed by atoms with van der Waals surface area (Å²) in [7, 11) is 0. The van der Waals surface area contributed by atoms with Crippen LogP contribution in [0.2, 0.25) is 0 Å². The predicted octanol–water partition coefficient (Wildman–Crippen LogP) is 0.665. The maximum absolute atomic E-state index is 11.7. The SMILES string of the molecule is CCC1OCCC1CNC(=O)c1nnc(N)s1. The second-order valence-electron chi connectivity index (χ2n) is 4.02. The maximum atomic E-state index is 11.7. The van der Waals surface area contributed by atoms with Crippen LogP contribution in [0.25, 0.3) is 0 Å². The Balaban J connectivity index is 1.84. The summed E-state index contributed by atoms with van der Waals surface area (Å²) in [5.41, 5.74) is 5.42. The molecule has 0 saturated carbocycles. The van der Waals surface area contributed by atoms with Gasteiger partial charge < -0.3 is 15.8 Å². The molecule has 17 heavy (non-hydrogen) atoms. The van der Waals surface area contributed by atoms with Crippen molar-refractivity contribution in [3.8, 4) is 0 Å². The summed E-state index contributed by atoms with van der Waals surface area (Å²) in [4.78, 5) is 11.7. The zero-order chi connectivity index (χ0) is 12.3. The Morgan fingerprint density at radius 1 is 1.65 bits per heavy atom. The van der Waals surface area contributed by atoms with Crippen molar-refractivity contribution in [2.75, 3.05) is 18.9 Å². The van der Waals surface area contributed by atoms with E-state index in [2.05, 4.69) is 22.4 Å².